The molecule has 4 fully saturated rings. The molecule has 0 saturated heterocycles. The number of tetrazole rings is 1. The second kappa shape index (κ2) is 8.15. The fourth-order valence-electron chi connectivity index (χ4n) is 8.94. The molecular weight excluding hydrogens is 404 g/mol. The Labute approximate surface area is 191 Å². The fraction of sp³-hybridized carbons (Fsp3) is 0.920. The third kappa shape index (κ3) is 3.64. The standard InChI is InChI=1S/C25H40N4O3/c1-4-32-15-25(31)12-9-19-17-8-11-24(3)20(18(17)7-10-23(19,2)14-25)5-6-21(24)22(30)13-29-16-26-27-28-29/h16-21,31H,4-15H2,1-3H3/t17-,18+,19+,20-,21+,23-,24-,25+/m0/s1. The van der Waals surface area contributed by atoms with E-state index in [0.29, 0.717) is 37.4 Å². The molecule has 178 valence electrons. The maximum Gasteiger partial charge on any atom is 0.158 e. The number of hydrogen-bond donors (Lipinski definition) is 1. The Morgan fingerprint density at radius 3 is 2.62 bits per heavy atom. The van der Waals surface area contributed by atoms with Gasteiger partial charge >= 0.3 is 0 Å². The molecule has 0 aliphatic heterocycles. The van der Waals surface area contributed by atoms with Gasteiger partial charge in [0.15, 0.2) is 5.78 Å². The Kier molecular flexibility index (Phi) is 5.72. The fourth-order valence-corrected chi connectivity index (χ4v) is 8.94. The van der Waals surface area contributed by atoms with Gasteiger partial charge in [-0.2, -0.15) is 0 Å². The van der Waals surface area contributed by atoms with Crippen LogP contribution in [-0.4, -0.2) is 49.9 Å². The predicted octanol–water partition coefficient (Wildman–Crippen LogP) is 3.67. The summed E-state index contributed by atoms with van der Waals surface area (Å²) in [5.74, 6) is 3.27. The number of aliphatic hydroxyl groups is 1. The van der Waals surface area contributed by atoms with Crippen LogP contribution in [0.5, 0.6) is 0 Å². The molecule has 7 nitrogen and oxygen atoms in total. The molecule has 32 heavy (non-hydrogen) atoms. The molecule has 1 heterocycles. The second-order valence-electron chi connectivity index (χ2n) is 12.0. The highest BCUT2D eigenvalue weighted by Gasteiger charge is 2.61. The molecule has 4 saturated carbocycles. The van der Waals surface area contributed by atoms with E-state index in [1.54, 1.807) is 11.0 Å². The molecule has 0 bridgehead atoms. The quantitative estimate of drug-likeness (QED) is 0.720. The van der Waals surface area contributed by atoms with E-state index in [4.69, 9.17) is 4.74 Å². The maximum atomic E-state index is 13.2. The first-order chi connectivity index (χ1) is 15.3. The average Bonchev–Trinajstić information content (AvgIpc) is 3.38. The van der Waals surface area contributed by atoms with E-state index in [1.165, 1.54) is 25.7 Å². The predicted molar refractivity (Wildman–Crippen MR) is 119 cm³/mol. The van der Waals surface area contributed by atoms with Crippen LogP contribution in [0.25, 0.3) is 0 Å². The third-order valence-corrected chi connectivity index (χ3v) is 10.3. The van der Waals surface area contributed by atoms with E-state index in [2.05, 4.69) is 29.4 Å². The molecule has 0 aromatic carbocycles. The number of carbonyl (C=O) groups is 1. The summed E-state index contributed by atoms with van der Waals surface area (Å²) in [4.78, 5) is 13.2. The summed E-state index contributed by atoms with van der Waals surface area (Å²) in [7, 11) is 0. The van der Waals surface area contributed by atoms with Gasteiger partial charge in [0.2, 0.25) is 0 Å². The molecule has 1 N–H and O–H groups in total. The van der Waals surface area contributed by atoms with Crippen molar-refractivity contribution in [1.29, 1.82) is 0 Å². The SMILES string of the molecule is CCOC[C@@]1(O)CC[C@@H]2[C@H]3CC[C@]4(C)[C@@H](C(=O)Cn5cnnn5)CC[C@H]4[C@@H]3CC[C@@]2(C)C1. The lowest BCUT2D eigenvalue weighted by atomic mass is 9.45. The lowest BCUT2D eigenvalue weighted by molar-refractivity contribution is -0.162. The van der Waals surface area contributed by atoms with Crippen molar-refractivity contribution in [3.05, 3.63) is 6.33 Å². The minimum atomic E-state index is -0.654. The number of rotatable bonds is 6. The van der Waals surface area contributed by atoms with E-state index < -0.39 is 5.60 Å². The van der Waals surface area contributed by atoms with Crippen LogP contribution in [0.2, 0.25) is 0 Å². The first kappa shape index (κ1) is 22.5. The molecule has 5 rings (SSSR count). The molecule has 0 amide bonds. The molecule has 7 heteroatoms. The second-order valence-corrected chi connectivity index (χ2v) is 12.0. The minimum absolute atomic E-state index is 0.115. The van der Waals surface area contributed by atoms with Gasteiger partial charge in [0.25, 0.3) is 0 Å². The molecule has 0 spiro atoms. The lowest BCUT2D eigenvalue weighted by Gasteiger charge is -2.61. The van der Waals surface area contributed by atoms with Crippen LogP contribution < -0.4 is 0 Å². The molecular formula is C25H40N4O3. The monoisotopic (exact) mass is 444 g/mol. The summed E-state index contributed by atoms with van der Waals surface area (Å²) in [5, 5.41) is 22.5. The number of nitrogens with zero attached hydrogens (tertiary/aromatic N) is 4. The highest BCUT2D eigenvalue weighted by Crippen LogP contribution is 2.67. The number of hydrogen-bond acceptors (Lipinski definition) is 6. The normalized spacial score (nSPS) is 45.7. The molecule has 0 radical (unpaired) electrons. The Bertz CT molecular complexity index is 831. The van der Waals surface area contributed by atoms with Crippen molar-refractivity contribution in [2.24, 2.45) is 40.4 Å². The van der Waals surface area contributed by atoms with Gasteiger partial charge in [-0.15, -0.1) is 5.10 Å². The number of aromatic nitrogens is 4. The minimum Gasteiger partial charge on any atom is -0.387 e. The van der Waals surface area contributed by atoms with Crippen LogP contribution in [0.4, 0.5) is 0 Å². The zero-order chi connectivity index (χ0) is 22.6. The largest absolute Gasteiger partial charge is 0.387 e. The zero-order valence-electron chi connectivity index (χ0n) is 20.0. The van der Waals surface area contributed by atoms with Gasteiger partial charge < -0.3 is 9.84 Å². The molecule has 1 aromatic heterocycles. The van der Waals surface area contributed by atoms with E-state index in [9.17, 15) is 9.90 Å². The lowest BCUT2D eigenvalue weighted by Crippen LogP contribution is -2.56. The molecule has 4 aliphatic rings. The summed E-state index contributed by atoms with van der Waals surface area (Å²) in [5.41, 5.74) is -0.324. The smallest absolute Gasteiger partial charge is 0.158 e. The Hall–Kier alpha value is -1.34. The Morgan fingerprint density at radius 2 is 1.88 bits per heavy atom. The summed E-state index contributed by atoms with van der Waals surface area (Å²) >= 11 is 0. The van der Waals surface area contributed by atoms with E-state index >= 15 is 0 Å². The van der Waals surface area contributed by atoms with Gasteiger partial charge in [0, 0.05) is 12.5 Å². The maximum absolute atomic E-state index is 13.2. The highest BCUT2D eigenvalue weighted by atomic mass is 16.5. The number of ether oxygens (including phenoxy) is 1. The Morgan fingerprint density at radius 1 is 1.09 bits per heavy atom. The molecule has 4 aliphatic carbocycles. The van der Waals surface area contributed by atoms with Crippen molar-refractivity contribution in [2.45, 2.75) is 90.7 Å². The van der Waals surface area contributed by atoms with Gasteiger partial charge in [-0.3, -0.25) is 4.79 Å². The zero-order valence-corrected chi connectivity index (χ0v) is 20.0. The average molecular weight is 445 g/mol. The molecule has 0 unspecified atom stereocenters. The number of Topliss-reactive ketones (excluding diaryl/α,β-unsaturated/α-hetero) is 1. The van der Waals surface area contributed by atoms with Gasteiger partial charge in [0.1, 0.15) is 12.9 Å². The first-order valence-electron chi connectivity index (χ1n) is 12.8. The van der Waals surface area contributed by atoms with Crippen molar-refractivity contribution < 1.29 is 14.6 Å². The van der Waals surface area contributed by atoms with Gasteiger partial charge in [-0.25, -0.2) is 4.68 Å². The van der Waals surface area contributed by atoms with E-state index in [1.807, 2.05) is 6.92 Å². The summed E-state index contributed by atoms with van der Waals surface area (Å²) in [6.45, 7) is 8.28. The van der Waals surface area contributed by atoms with Crippen molar-refractivity contribution in [1.82, 2.24) is 20.2 Å². The molecule has 8 atom stereocenters. The van der Waals surface area contributed by atoms with Crippen LogP contribution in [-0.2, 0) is 16.1 Å². The van der Waals surface area contributed by atoms with E-state index in [-0.39, 0.29) is 16.7 Å². The summed E-state index contributed by atoms with van der Waals surface area (Å²) < 4.78 is 7.22. The van der Waals surface area contributed by atoms with Gasteiger partial charge in [-0.1, -0.05) is 13.8 Å². The number of ketones is 1. The summed E-state index contributed by atoms with van der Waals surface area (Å²) in [6, 6.07) is 0. The van der Waals surface area contributed by atoms with Crippen LogP contribution >= 0.6 is 0 Å². The van der Waals surface area contributed by atoms with Crippen LogP contribution in [0.15, 0.2) is 6.33 Å². The van der Waals surface area contributed by atoms with Gasteiger partial charge in [-0.05, 0) is 110 Å². The van der Waals surface area contributed by atoms with Crippen LogP contribution in [0, 0.1) is 40.4 Å². The van der Waals surface area contributed by atoms with Crippen molar-refractivity contribution in [3.63, 3.8) is 0 Å². The first-order valence-corrected chi connectivity index (χ1v) is 12.8. The van der Waals surface area contributed by atoms with Crippen molar-refractivity contribution in [2.75, 3.05) is 13.2 Å². The topological polar surface area (TPSA) is 90.1 Å². The van der Waals surface area contributed by atoms with E-state index in [0.717, 1.165) is 43.9 Å². The van der Waals surface area contributed by atoms with Crippen LogP contribution in [0.3, 0.4) is 0 Å². The number of fused-ring (bicyclic) bond motifs is 5. The van der Waals surface area contributed by atoms with Crippen molar-refractivity contribution in [3.8, 4) is 0 Å². The van der Waals surface area contributed by atoms with Crippen molar-refractivity contribution >= 4 is 5.78 Å². The van der Waals surface area contributed by atoms with Gasteiger partial charge in [0.05, 0.1) is 12.2 Å². The Balaban J connectivity index is 1.30. The third-order valence-electron chi connectivity index (χ3n) is 10.3. The molecule has 1 aromatic rings. The number of carbonyl (C=O) groups excluding carboxylic acids is 1. The highest BCUT2D eigenvalue weighted by molar-refractivity contribution is 5.82. The van der Waals surface area contributed by atoms with Crippen LogP contribution in [0.1, 0.15) is 78.6 Å². The summed E-state index contributed by atoms with van der Waals surface area (Å²) in [6.07, 6.45) is 11.4.